The predicted octanol–water partition coefficient (Wildman–Crippen LogP) is 3.84. The molecule has 0 unspecified atom stereocenters. The molecule has 0 fully saturated rings. The molecule has 0 amide bonds. The topological polar surface area (TPSA) is 47.8 Å². The van der Waals surface area contributed by atoms with E-state index in [0.29, 0.717) is 22.3 Å². The van der Waals surface area contributed by atoms with Crippen LogP contribution < -0.4 is 5.56 Å². The minimum Gasteiger partial charge on any atom is -0.268 e. The van der Waals surface area contributed by atoms with Crippen molar-refractivity contribution in [2.75, 3.05) is 5.75 Å². The smallest absolute Gasteiger partial charge is 0.267 e. The van der Waals surface area contributed by atoms with Crippen molar-refractivity contribution < 1.29 is 0 Å². The molecule has 0 aliphatic carbocycles. The fourth-order valence-electron chi connectivity index (χ4n) is 2.35. The van der Waals surface area contributed by atoms with Crippen molar-refractivity contribution in [3.63, 3.8) is 0 Å². The van der Waals surface area contributed by atoms with Gasteiger partial charge in [-0.3, -0.25) is 4.79 Å². The van der Waals surface area contributed by atoms with Crippen molar-refractivity contribution in [3.8, 4) is 5.82 Å². The number of para-hydroxylation sites is 1. The Morgan fingerprint density at radius 1 is 1.17 bits per heavy atom. The second-order valence-electron chi connectivity index (χ2n) is 5.90. The van der Waals surface area contributed by atoms with E-state index in [9.17, 15) is 4.79 Å². The number of thioether (sulfide) groups is 1. The van der Waals surface area contributed by atoms with Gasteiger partial charge in [-0.2, -0.15) is 0 Å². The molecule has 3 aromatic rings. The van der Waals surface area contributed by atoms with Crippen LogP contribution in [0.15, 0.2) is 52.5 Å². The van der Waals surface area contributed by atoms with Gasteiger partial charge in [0.1, 0.15) is 5.82 Å². The second-order valence-corrected chi connectivity index (χ2v) is 6.89. The van der Waals surface area contributed by atoms with E-state index in [1.54, 1.807) is 22.5 Å². The molecule has 3 rings (SSSR count). The maximum Gasteiger partial charge on any atom is 0.267 e. The highest BCUT2D eigenvalue weighted by Crippen LogP contribution is 2.23. The first kappa shape index (κ1) is 15.7. The van der Waals surface area contributed by atoms with E-state index >= 15 is 0 Å². The molecule has 0 N–H and O–H groups in total. The summed E-state index contributed by atoms with van der Waals surface area (Å²) >= 11 is 1.60. The molecule has 0 saturated carbocycles. The standard InChI is InChI=1S/C18H19N3OS/c1-12(2)11-23-18-20-15-9-5-4-8-14(15)17(22)21(18)16-13(3)7-6-10-19-16/h4-10,12H,11H2,1-3H3. The van der Waals surface area contributed by atoms with Crippen molar-refractivity contribution in [1.29, 1.82) is 0 Å². The molecule has 0 atom stereocenters. The zero-order valence-electron chi connectivity index (χ0n) is 13.5. The number of hydrogen-bond acceptors (Lipinski definition) is 4. The van der Waals surface area contributed by atoms with Crippen LogP contribution in [-0.2, 0) is 0 Å². The number of fused-ring (bicyclic) bond motifs is 1. The highest BCUT2D eigenvalue weighted by atomic mass is 32.2. The van der Waals surface area contributed by atoms with Crippen LogP contribution in [0.2, 0.25) is 0 Å². The molecule has 0 bridgehead atoms. The second kappa shape index (κ2) is 6.54. The lowest BCUT2D eigenvalue weighted by Crippen LogP contribution is -2.23. The van der Waals surface area contributed by atoms with E-state index in [1.165, 1.54) is 0 Å². The average molecular weight is 325 g/mol. The predicted molar refractivity (Wildman–Crippen MR) is 95.4 cm³/mol. The Balaban J connectivity index is 2.28. The molecular formula is C18H19N3OS. The minimum atomic E-state index is -0.0661. The van der Waals surface area contributed by atoms with Crippen LogP contribution in [0.25, 0.3) is 16.7 Å². The molecule has 23 heavy (non-hydrogen) atoms. The van der Waals surface area contributed by atoms with Crippen molar-refractivity contribution in [2.24, 2.45) is 5.92 Å². The van der Waals surface area contributed by atoms with Crippen LogP contribution in [0.3, 0.4) is 0 Å². The molecule has 0 aliphatic rings. The van der Waals surface area contributed by atoms with Gasteiger partial charge in [0.2, 0.25) is 0 Å². The normalized spacial score (nSPS) is 11.3. The lowest BCUT2D eigenvalue weighted by atomic mass is 10.2. The first-order valence-electron chi connectivity index (χ1n) is 7.64. The number of pyridine rings is 1. The van der Waals surface area contributed by atoms with Gasteiger partial charge in [0.05, 0.1) is 10.9 Å². The third kappa shape index (κ3) is 3.15. The molecular weight excluding hydrogens is 306 g/mol. The van der Waals surface area contributed by atoms with E-state index < -0.39 is 0 Å². The summed E-state index contributed by atoms with van der Waals surface area (Å²) in [6.07, 6.45) is 1.71. The number of benzene rings is 1. The zero-order chi connectivity index (χ0) is 16.4. The summed E-state index contributed by atoms with van der Waals surface area (Å²) < 4.78 is 1.64. The van der Waals surface area contributed by atoms with Gasteiger partial charge < -0.3 is 0 Å². The Morgan fingerprint density at radius 2 is 1.96 bits per heavy atom. The average Bonchev–Trinajstić information content (AvgIpc) is 2.54. The highest BCUT2D eigenvalue weighted by Gasteiger charge is 2.15. The third-order valence-electron chi connectivity index (χ3n) is 3.48. The lowest BCUT2D eigenvalue weighted by molar-refractivity contribution is 0.739. The maximum atomic E-state index is 13.0. The van der Waals surface area contributed by atoms with E-state index in [2.05, 4.69) is 18.8 Å². The first-order chi connectivity index (χ1) is 11.1. The molecule has 0 spiro atoms. The summed E-state index contributed by atoms with van der Waals surface area (Å²) in [5, 5.41) is 1.32. The molecule has 2 aromatic heterocycles. The SMILES string of the molecule is Cc1cccnc1-n1c(SCC(C)C)nc2ccccc2c1=O. The van der Waals surface area contributed by atoms with Crippen LogP contribution in [0.5, 0.6) is 0 Å². The Morgan fingerprint density at radius 3 is 2.70 bits per heavy atom. The summed E-state index contributed by atoms with van der Waals surface area (Å²) in [6.45, 7) is 6.27. The molecule has 0 aliphatic heterocycles. The third-order valence-corrected chi connectivity index (χ3v) is 4.85. The van der Waals surface area contributed by atoms with Crippen LogP contribution >= 0.6 is 11.8 Å². The van der Waals surface area contributed by atoms with Crippen LogP contribution in [-0.4, -0.2) is 20.3 Å². The van der Waals surface area contributed by atoms with Gasteiger partial charge in [-0.1, -0.05) is 43.8 Å². The molecule has 1 aromatic carbocycles. The fourth-order valence-corrected chi connectivity index (χ4v) is 3.29. The quantitative estimate of drug-likeness (QED) is 0.540. The number of nitrogens with zero attached hydrogens (tertiary/aromatic N) is 3. The first-order valence-corrected chi connectivity index (χ1v) is 8.63. The Bertz CT molecular complexity index is 902. The monoisotopic (exact) mass is 325 g/mol. The van der Waals surface area contributed by atoms with Gasteiger partial charge in [0, 0.05) is 11.9 Å². The van der Waals surface area contributed by atoms with Gasteiger partial charge >= 0.3 is 0 Å². The van der Waals surface area contributed by atoms with Crippen molar-refractivity contribution >= 4 is 22.7 Å². The number of aromatic nitrogens is 3. The lowest BCUT2D eigenvalue weighted by Gasteiger charge is -2.14. The summed E-state index contributed by atoms with van der Waals surface area (Å²) in [4.78, 5) is 22.1. The van der Waals surface area contributed by atoms with E-state index in [0.717, 1.165) is 16.8 Å². The summed E-state index contributed by atoms with van der Waals surface area (Å²) in [5.41, 5.74) is 1.62. The molecule has 0 radical (unpaired) electrons. The molecule has 2 heterocycles. The minimum absolute atomic E-state index is 0.0661. The molecule has 0 saturated heterocycles. The molecule has 4 nitrogen and oxygen atoms in total. The summed E-state index contributed by atoms with van der Waals surface area (Å²) in [7, 11) is 0. The van der Waals surface area contributed by atoms with Gasteiger partial charge in [0.25, 0.3) is 5.56 Å². The molecule has 118 valence electrons. The molecule has 5 heteroatoms. The number of rotatable bonds is 4. The van der Waals surface area contributed by atoms with Crippen LogP contribution in [0.4, 0.5) is 0 Å². The zero-order valence-corrected chi connectivity index (χ0v) is 14.3. The maximum absolute atomic E-state index is 13.0. The summed E-state index contributed by atoms with van der Waals surface area (Å²) in [6, 6.07) is 11.3. The fraction of sp³-hybridized carbons (Fsp3) is 0.278. The highest BCUT2D eigenvalue weighted by molar-refractivity contribution is 7.99. The number of aryl methyl sites for hydroxylation is 1. The largest absolute Gasteiger partial charge is 0.268 e. The Hall–Kier alpha value is -2.14. The van der Waals surface area contributed by atoms with E-state index in [4.69, 9.17) is 4.98 Å². The van der Waals surface area contributed by atoms with Gasteiger partial charge in [-0.25, -0.2) is 14.5 Å². The number of hydrogen-bond donors (Lipinski definition) is 0. The van der Waals surface area contributed by atoms with Crippen molar-refractivity contribution in [3.05, 3.63) is 58.5 Å². The van der Waals surface area contributed by atoms with Gasteiger partial charge in [-0.15, -0.1) is 0 Å². The van der Waals surface area contributed by atoms with Gasteiger partial charge in [0.15, 0.2) is 5.16 Å². The van der Waals surface area contributed by atoms with Crippen LogP contribution in [0.1, 0.15) is 19.4 Å². The van der Waals surface area contributed by atoms with Crippen molar-refractivity contribution in [2.45, 2.75) is 25.9 Å². The van der Waals surface area contributed by atoms with Gasteiger partial charge in [-0.05, 0) is 36.6 Å². The van der Waals surface area contributed by atoms with Crippen LogP contribution in [0, 0.1) is 12.8 Å². The Labute approximate surface area is 139 Å². The van der Waals surface area contributed by atoms with Crippen molar-refractivity contribution in [1.82, 2.24) is 14.5 Å². The van der Waals surface area contributed by atoms with E-state index in [-0.39, 0.29) is 5.56 Å². The Kier molecular flexibility index (Phi) is 4.48. The summed E-state index contributed by atoms with van der Waals surface area (Å²) in [5.74, 6) is 2.07. The van der Waals surface area contributed by atoms with E-state index in [1.807, 2.05) is 43.3 Å².